The highest BCUT2D eigenvalue weighted by atomic mass is 35.5. The maximum Gasteiger partial charge on any atom is 0.275 e. The predicted molar refractivity (Wildman–Crippen MR) is 105 cm³/mol. The second-order valence-corrected chi connectivity index (χ2v) is 6.01. The van der Waals surface area contributed by atoms with Crippen LogP contribution in [-0.2, 0) is 4.79 Å². The van der Waals surface area contributed by atoms with E-state index >= 15 is 0 Å². The van der Waals surface area contributed by atoms with Gasteiger partial charge in [-0.05, 0) is 36.4 Å². The van der Waals surface area contributed by atoms with Crippen LogP contribution in [0.1, 0.15) is 17.4 Å². The van der Waals surface area contributed by atoms with Crippen LogP contribution in [0.15, 0.2) is 60.9 Å². The first-order chi connectivity index (χ1) is 13.0. The Kier molecular flexibility index (Phi) is 5.63. The van der Waals surface area contributed by atoms with Gasteiger partial charge in [-0.2, -0.15) is 0 Å². The number of carbonyl (C=O) groups excluding carboxylic acids is 2. The van der Waals surface area contributed by atoms with Gasteiger partial charge in [0.2, 0.25) is 5.91 Å². The molecule has 0 fully saturated rings. The molecule has 1 aromatic heterocycles. The Labute approximate surface area is 160 Å². The Balaban J connectivity index is 1.64. The number of hydrogen-bond donors (Lipinski definition) is 3. The number of nitrogens with zero attached hydrogens (tertiary/aromatic N) is 2. The van der Waals surface area contributed by atoms with Gasteiger partial charge in [-0.15, -0.1) is 0 Å². The summed E-state index contributed by atoms with van der Waals surface area (Å²) in [5, 5.41) is 8.89. The molecule has 0 saturated heterocycles. The summed E-state index contributed by atoms with van der Waals surface area (Å²) in [5.74, 6) is -0.0504. The average Bonchev–Trinajstić information content (AvgIpc) is 2.65. The highest BCUT2D eigenvalue weighted by molar-refractivity contribution is 6.33. The van der Waals surface area contributed by atoms with E-state index in [1.54, 1.807) is 48.5 Å². The largest absolute Gasteiger partial charge is 0.339 e. The van der Waals surface area contributed by atoms with Gasteiger partial charge in [0, 0.05) is 18.3 Å². The summed E-state index contributed by atoms with van der Waals surface area (Å²) < 4.78 is 0. The summed E-state index contributed by atoms with van der Waals surface area (Å²) in [6, 6.07) is 14.1. The Bertz CT molecular complexity index is 959. The van der Waals surface area contributed by atoms with Crippen LogP contribution < -0.4 is 16.0 Å². The molecule has 7 nitrogen and oxygen atoms in total. The highest BCUT2D eigenvalue weighted by Crippen LogP contribution is 2.21. The Hall–Kier alpha value is -3.45. The minimum absolute atomic E-state index is 0.132. The van der Waals surface area contributed by atoms with E-state index in [1.807, 2.05) is 0 Å². The van der Waals surface area contributed by atoms with Gasteiger partial charge < -0.3 is 16.0 Å². The van der Waals surface area contributed by atoms with Gasteiger partial charge in [0.15, 0.2) is 0 Å². The Morgan fingerprint density at radius 2 is 1.59 bits per heavy atom. The minimum atomic E-state index is -0.401. The smallest absolute Gasteiger partial charge is 0.275 e. The van der Waals surface area contributed by atoms with Gasteiger partial charge in [0.1, 0.15) is 11.5 Å². The molecule has 0 aliphatic heterocycles. The van der Waals surface area contributed by atoms with Gasteiger partial charge in [-0.1, -0.05) is 23.7 Å². The third-order valence-electron chi connectivity index (χ3n) is 3.48. The van der Waals surface area contributed by atoms with Gasteiger partial charge >= 0.3 is 0 Å². The molecule has 2 amide bonds. The number of anilines is 4. The van der Waals surface area contributed by atoms with Crippen molar-refractivity contribution in [2.24, 2.45) is 0 Å². The van der Waals surface area contributed by atoms with Crippen molar-refractivity contribution in [3.05, 3.63) is 71.6 Å². The standard InChI is InChI=1S/C19H16ClN5O2/c1-12(26)23-13-6-8-14(9-7-13)24-18-11-21-17(10-22-18)19(27)25-16-5-3-2-4-15(16)20/h2-11H,1H3,(H,22,24)(H,23,26)(H,25,27). The van der Waals surface area contributed by atoms with Gasteiger partial charge in [-0.25, -0.2) is 9.97 Å². The maximum absolute atomic E-state index is 12.2. The van der Waals surface area contributed by atoms with E-state index in [1.165, 1.54) is 19.3 Å². The monoisotopic (exact) mass is 381 g/mol. The van der Waals surface area contributed by atoms with Crippen molar-refractivity contribution in [1.82, 2.24) is 9.97 Å². The van der Waals surface area contributed by atoms with E-state index in [4.69, 9.17) is 11.6 Å². The number of carbonyl (C=O) groups is 2. The molecule has 0 aliphatic rings. The second-order valence-electron chi connectivity index (χ2n) is 5.60. The number of para-hydroxylation sites is 1. The van der Waals surface area contributed by atoms with Crippen LogP contribution in [0.4, 0.5) is 22.9 Å². The fraction of sp³-hybridized carbons (Fsp3) is 0.0526. The number of rotatable bonds is 5. The average molecular weight is 382 g/mol. The summed E-state index contributed by atoms with van der Waals surface area (Å²) >= 11 is 6.03. The van der Waals surface area contributed by atoms with E-state index < -0.39 is 5.91 Å². The zero-order valence-corrected chi connectivity index (χ0v) is 15.1. The zero-order valence-electron chi connectivity index (χ0n) is 14.4. The number of benzene rings is 2. The molecule has 0 bridgehead atoms. The molecule has 0 atom stereocenters. The van der Waals surface area contributed by atoms with Crippen LogP contribution in [0.5, 0.6) is 0 Å². The summed E-state index contributed by atoms with van der Waals surface area (Å²) in [6.07, 6.45) is 2.84. The molecule has 0 spiro atoms. The van der Waals surface area contributed by atoms with E-state index in [-0.39, 0.29) is 11.6 Å². The van der Waals surface area contributed by atoms with Gasteiger partial charge in [-0.3, -0.25) is 9.59 Å². The van der Waals surface area contributed by atoms with Crippen molar-refractivity contribution in [1.29, 1.82) is 0 Å². The van der Waals surface area contributed by atoms with Gasteiger partial charge in [0.25, 0.3) is 5.91 Å². The number of hydrogen-bond acceptors (Lipinski definition) is 5. The molecule has 0 aliphatic carbocycles. The summed E-state index contributed by atoms with van der Waals surface area (Å²) in [5.41, 5.74) is 2.14. The number of aromatic nitrogens is 2. The molecule has 8 heteroatoms. The number of amides is 2. The predicted octanol–water partition coefficient (Wildman–Crippen LogP) is 4.08. The van der Waals surface area contributed by atoms with Crippen molar-refractivity contribution in [2.75, 3.05) is 16.0 Å². The van der Waals surface area contributed by atoms with Crippen LogP contribution >= 0.6 is 11.6 Å². The molecule has 2 aromatic carbocycles. The number of halogens is 1. The topological polar surface area (TPSA) is 96.0 Å². The van der Waals surface area contributed by atoms with Crippen molar-refractivity contribution < 1.29 is 9.59 Å². The lowest BCUT2D eigenvalue weighted by atomic mass is 10.2. The lowest BCUT2D eigenvalue weighted by Gasteiger charge is -2.08. The van der Waals surface area contributed by atoms with Gasteiger partial charge in [0.05, 0.1) is 23.1 Å². The molecule has 0 unspecified atom stereocenters. The molecule has 3 N–H and O–H groups in total. The van der Waals surface area contributed by atoms with Crippen molar-refractivity contribution >= 4 is 46.3 Å². The lowest BCUT2D eigenvalue weighted by molar-refractivity contribution is -0.114. The summed E-state index contributed by atoms with van der Waals surface area (Å²) in [6.45, 7) is 1.45. The Morgan fingerprint density at radius 1 is 0.889 bits per heavy atom. The first-order valence-electron chi connectivity index (χ1n) is 8.04. The molecule has 136 valence electrons. The third kappa shape index (κ3) is 5.02. The number of nitrogens with one attached hydrogen (secondary N) is 3. The molecule has 0 saturated carbocycles. The normalized spacial score (nSPS) is 10.1. The molecule has 27 heavy (non-hydrogen) atoms. The van der Waals surface area contributed by atoms with Crippen molar-refractivity contribution in [3.63, 3.8) is 0 Å². The highest BCUT2D eigenvalue weighted by Gasteiger charge is 2.10. The molecule has 1 heterocycles. The molecular weight excluding hydrogens is 366 g/mol. The quantitative estimate of drug-likeness (QED) is 0.618. The molecule has 3 rings (SSSR count). The Morgan fingerprint density at radius 3 is 2.22 bits per heavy atom. The minimum Gasteiger partial charge on any atom is -0.339 e. The SMILES string of the molecule is CC(=O)Nc1ccc(Nc2cnc(C(=O)Nc3ccccc3Cl)cn2)cc1. The van der Waals surface area contributed by atoms with E-state index in [0.717, 1.165) is 5.69 Å². The summed E-state index contributed by atoms with van der Waals surface area (Å²) in [7, 11) is 0. The van der Waals surface area contributed by atoms with Crippen molar-refractivity contribution in [2.45, 2.75) is 6.92 Å². The molecule has 3 aromatic rings. The molecule has 0 radical (unpaired) electrons. The van der Waals surface area contributed by atoms with Crippen LogP contribution in [-0.4, -0.2) is 21.8 Å². The van der Waals surface area contributed by atoms with Crippen LogP contribution in [0.25, 0.3) is 0 Å². The van der Waals surface area contributed by atoms with Crippen molar-refractivity contribution in [3.8, 4) is 0 Å². The zero-order chi connectivity index (χ0) is 19.2. The van der Waals surface area contributed by atoms with E-state index in [0.29, 0.717) is 22.2 Å². The first kappa shape index (κ1) is 18.3. The summed E-state index contributed by atoms with van der Waals surface area (Å²) in [4.78, 5) is 31.6. The maximum atomic E-state index is 12.2. The van der Waals surface area contributed by atoms with E-state index in [2.05, 4.69) is 25.9 Å². The fourth-order valence-electron chi connectivity index (χ4n) is 2.25. The lowest BCUT2D eigenvalue weighted by Crippen LogP contribution is -2.14. The van der Waals surface area contributed by atoms with Crippen LogP contribution in [0, 0.1) is 0 Å². The first-order valence-corrected chi connectivity index (χ1v) is 8.41. The van der Waals surface area contributed by atoms with Crippen LogP contribution in [0.2, 0.25) is 5.02 Å². The molecular formula is C19H16ClN5O2. The second kappa shape index (κ2) is 8.29. The fourth-order valence-corrected chi connectivity index (χ4v) is 2.43. The van der Waals surface area contributed by atoms with Crippen LogP contribution in [0.3, 0.4) is 0 Å². The third-order valence-corrected chi connectivity index (χ3v) is 3.81. The van der Waals surface area contributed by atoms with E-state index in [9.17, 15) is 9.59 Å².